The Morgan fingerprint density at radius 1 is 0.613 bits per heavy atom. The summed E-state index contributed by atoms with van der Waals surface area (Å²) in [7, 11) is 0. The van der Waals surface area contributed by atoms with Gasteiger partial charge in [0.05, 0.1) is 0 Å². The van der Waals surface area contributed by atoms with Crippen molar-refractivity contribution in [2.45, 2.75) is 30.2 Å². The first-order valence-corrected chi connectivity index (χ1v) is 10.8. The first kappa shape index (κ1) is 18.5. The minimum Gasteiger partial charge on any atom is -0.346 e. The van der Waals surface area contributed by atoms with Gasteiger partial charge in [0.15, 0.2) is 11.3 Å². The number of halogens is 1. The van der Waals surface area contributed by atoms with Crippen LogP contribution in [0.25, 0.3) is 0 Å². The number of alkyl halides is 1. The van der Waals surface area contributed by atoms with Gasteiger partial charge in [-0.25, -0.2) is 4.39 Å². The molecule has 152 valence electrons. The normalized spacial score (nSPS) is 28.5. The lowest BCUT2D eigenvalue weighted by Gasteiger charge is -2.41. The van der Waals surface area contributed by atoms with E-state index in [0.717, 1.165) is 27.8 Å². The molecule has 2 heterocycles. The lowest BCUT2D eigenvalue weighted by atomic mass is 9.62. The molecule has 4 aromatic carbocycles. The van der Waals surface area contributed by atoms with Crippen molar-refractivity contribution in [3.63, 3.8) is 0 Å². The highest BCUT2D eigenvalue weighted by molar-refractivity contribution is 5.61. The van der Waals surface area contributed by atoms with E-state index < -0.39 is 16.9 Å². The van der Waals surface area contributed by atoms with Gasteiger partial charge in [-0.05, 0) is 40.3 Å². The van der Waals surface area contributed by atoms with Crippen molar-refractivity contribution in [3.05, 3.63) is 143 Å². The van der Waals surface area contributed by atoms with Gasteiger partial charge in [0.1, 0.15) is 5.60 Å². The number of aryl methyl sites for hydroxylation is 1. The molecule has 1 saturated heterocycles. The van der Waals surface area contributed by atoms with Gasteiger partial charge < -0.3 is 4.74 Å². The van der Waals surface area contributed by atoms with Crippen molar-refractivity contribution in [3.8, 4) is 0 Å². The second-order valence-electron chi connectivity index (χ2n) is 8.68. The molecule has 1 fully saturated rings. The molecule has 3 atom stereocenters. The van der Waals surface area contributed by atoms with Crippen LogP contribution in [0.3, 0.4) is 0 Å². The molecule has 0 unspecified atom stereocenters. The van der Waals surface area contributed by atoms with E-state index in [4.69, 9.17) is 4.74 Å². The largest absolute Gasteiger partial charge is 0.346 e. The summed E-state index contributed by atoms with van der Waals surface area (Å²) < 4.78 is 24.9. The Labute approximate surface area is 182 Å². The molecule has 2 bridgehead atoms. The number of fused-ring (bicyclic) bond motifs is 5. The minimum atomic E-state index is -1.72. The smallest absolute Gasteiger partial charge is 0.176 e. The summed E-state index contributed by atoms with van der Waals surface area (Å²) in [5.41, 5.74) is 1.69. The third kappa shape index (κ3) is 2.23. The summed E-state index contributed by atoms with van der Waals surface area (Å²) in [4.78, 5) is 0. The first-order chi connectivity index (χ1) is 15.1. The van der Waals surface area contributed by atoms with E-state index in [0.29, 0.717) is 5.56 Å². The summed E-state index contributed by atoms with van der Waals surface area (Å²) >= 11 is 0. The van der Waals surface area contributed by atoms with Gasteiger partial charge in [0, 0.05) is 6.42 Å². The molecule has 0 saturated carbocycles. The van der Waals surface area contributed by atoms with E-state index in [1.165, 1.54) is 0 Å². The van der Waals surface area contributed by atoms with Gasteiger partial charge in [-0.2, -0.15) is 0 Å². The minimum absolute atomic E-state index is 0.237. The Hall–Kier alpha value is -3.23. The van der Waals surface area contributed by atoms with Crippen LogP contribution in [0.1, 0.15) is 39.8 Å². The van der Waals surface area contributed by atoms with Crippen LogP contribution in [0.15, 0.2) is 109 Å². The summed E-state index contributed by atoms with van der Waals surface area (Å²) in [6.45, 7) is 1.99. The fourth-order valence-corrected chi connectivity index (χ4v) is 5.85. The Balaban J connectivity index is 1.74. The van der Waals surface area contributed by atoms with Gasteiger partial charge in [-0.1, -0.05) is 109 Å². The van der Waals surface area contributed by atoms with Crippen LogP contribution in [0, 0.1) is 6.92 Å². The van der Waals surface area contributed by atoms with Gasteiger partial charge in [-0.3, -0.25) is 0 Å². The predicted octanol–water partition coefficient (Wildman–Crippen LogP) is 6.78. The quantitative estimate of drug-likeness (QED) is 0.364. The van der Waals surface area contributed by atoms with Crippen LogP contribution in [0.5, 0.6) is 0 Å². The van der Waals surface area contributed by atoms with Gasteiger partial charge in [0.25, 0.3) is 0 Å². The van der Waals surface area contributed by atoms with Crippen LogP contribution >= 0.6 is 0 Å². The van der Waals surface area contributed by atoms with E-state index in [-0.39, 0.29) is 6.42 Å². The van der Waals surface area contributed by atoms with Crippen LogP contribution in [-0.2, 0) is 21.6 Å². The van der Waals surface area contributed by atoms with Crippen molar-refractivity contribution in [1.29, 1.82) is 0 Å². The Morgan fingerprint density at radius 3 is 1.77 bits per heavy atom. The van der Waals surface area contributed by atoms with Crippen molar-refractivity contribution < 1.29 is 9.13 Å². The van der Waals surface area contributed by atoms with Crippen LogP contribution < -0.4 is 0 Å². The average Bonchev–Trinajstić information content (AvgIpc) is 3.29. The number of hydrogen-bond donors (Lipinski definition) is 0. The van der Waals surface area contributed by atoms with E-state index in [2.05, 4.69) is 18.2 Å². The van der Waals surface area contributed by atoms with Gasteiger partial charge >= 0.3 is 0 Å². The molecule has 31 heavy (non-hydrogen) atoms. The predicted molar refractivity (Wildman–Crippen MR) is 121 cm³/mol. The fraction of sp³-hybridized carbons (Fsp3) is 0.172. The summed E-state index contributed by atoms with van der Waals surface area (Å²) in [6, 6.07) is 36.0. The molecule has 0 spiro atoms. The number of hydrogen-bond acceptors (Lipinski definition) is 1. The maximum absolute atomic E-state index is 17.8. The Bertz CT molecular complexity index is 1270. The van der Waals surface area contributed by atoms with E-state index >= 15 is 4.39 Å². The van der Waals surface area contributed by atoms with Gasteiger partial charge in [0.2, 0.25) is 0 Å². The molecule has 6 rings (SSSR count). The summed E-state index contributed by atoms with van der Waals surface area (Å²) in [6.07, 6.45) is 0.237. The highest BCUT2D eigenvalue weighted by atomic mass is 19.1. The molecule has 0 amide bonds. The molecular formula is C29H23FO. The second kappa shape index (κ2) is 6.38. The van der Waals surface area contributed by atoms with E-state index in [1.807, 2.05) is 97.9 Å². The third-order valence-electron chi connectivity index (χ3n) is 7.11. The average molecular weight is 407 g/mol. The van der Waals surface area contributed by atoms with Crippen molar-refractivity contribution in [1.82, 2.24) is 0 Å². The van der Waals surface area contributed by atoms with Crippen molar-refractivity contribution >= 4 is 0 Å². The molecule has 0 N–H and O–H groups in total. The van der Waals surface area contributed by atoms with Gasteiger partial charge in [-0.15, -0.1) is 0 Å². The zero-order valence-corrected chi connectivity index (χ0v) is 17.4. The SMILES string of the molecule is Cc1ccccc1[C@@]1(F)C[C@]2(c3ccccc3)O[C@@]1(c1ccccc1)c1ccccc12. The molecule has 0 aromatic heterocycles. The highest BCUT2D eigenvalue weighted by Crippen LogP contribution is 2.71. The lowest BCUT2D eigenvalue weighted by molar-refractivity contribution is -0.0841. The number of benzene rings is 4. The standard InChI is InChI=1S/C29H23FO/c1-21-12-8-9-17-24(21)28(30)20-27(22-13-4-2-5-14-22)25-18-10-11-19-26(25)29(28,31-27)23-15-6-3-7-16-23/h2-19H,20H2,1H3/t27-,28+,29+/m1/s1. The molecule has 2 aliphatic rings. The van der Waals surface area contributed by atoms with Crippen molar-refractivity contribution in [2.75, 3.05) is 0 Å². The molecule has 4 aromatic rings. The topological polar surface area (TPSA) is 9.23 Å². The first-order valence-electron chi connectivity index (χ1n) is 10.8. The second-order valence-corrected chi connectivity index (χ2v) is 8.68. The molecule has 1 nitrogen and oxygen atoms in total. The lowest BCUT2D eigenvalue weighted by Crippen LogP contribution is -2.45. The van der Waals surface area contributed by atoms with Crippen LogP contribution in [0.2, 0.25) is 0 Å². The maximum atomic E-state index is 17.8. The fourth-order valence-electron chi connectivity index (χ4n) is 5.85. The monoisotopic (exact) mass is 406 g/mol. The zero-order valence-electron chi connectivity index (χ0n) is 17.4. The third-order valence-corrected chi connectivity index (χ3v) is 7.11. The molecular weight excluding hydrogens is 383 g/mol. The van der Waals surface area contributed by atoms with Crippen LogP contribution in [0.4, 0.5) is 4.39 Å². The molecule has 2 aliphatic heterocycles. The Kier molecular flexibility index (Phi) is 3.82. The molecule has 0 aliphatic carbocycles. The van der Waals surface area contributed by atoms with Crippen molar-refractivity contribution in [2.24, 2.45) is 0 Å². The van der Waals surface area contributed by atoms with E-state index in [9.17, 15) is 0 Å². The molecule has 0 radical (unpaired) electrons. The maximum Gasteiger partial charge on any atom is 0.176 e. The number of rotatable bonds is 3. The Morgan fingerprint density at radius 2 is 1.13 bits per heavy atom. The summed E-state index contributed by atoms with van der Waals surface area (Å²) in [5, 5.41) is 0. The summed E-state index contributed by atoms with van der Waals surface area (Å²) in [5.74, 6) is 0. The van der Waals surface area contributed by atoms with Crippen LogP contribution in [-0.4, -0.2) is 0 Å². The zero-order chi connectivity index (χ0) is 21.1. The number of ether oxygens (including phenoxy) is 1. The van der Waals surface area contributed by atoms with E-state index in [1.54, 1.807) is 0 Å². The molecule has 2 heteroatoms. The highest BCUT2D eigenvalue weighted by Gasteiger charge is 2.74.